The molecule has 0 radical (unpaired) electrons. The second kappa shape index (κ2) is 7.81. The van der Waals surface area contributed by atoms with Crippen LogP contribution < -0.4 is 15.6 Å². The summed E-state index contributed by atoms with van der Waals surface area (Å²) >= 11 is 0. The molecule has 8 heteroatoms. The summed E-state index contributed by atoms with van der Waals surface area (Å²) in [6.07, 6.45) is 0. The molecule has 0 fully saturated rings. The fourth-order valence-electron chi connectivity index (χ4n) is 3.03. The number of aromatic amines is 1. The van der Waals surface area contributed by atoms with E-state index in [4.69, 9.17) is 0 Å². The average molecular weight is 413 g/mol. The Morgan fingerprint density at radius 3 is 2.41 bits per heavy atom. The number of sulfonamides is 1. The zero-order chi connectivity index (χ0) is 21.2. The molecule has 0 saturated carbocycles. The Balaban J connectivity index is 1.89. The van der Waals surface area contributed by atoms with Gasteiger partial charge in [0.25, 0.3) is 5.91 Å². The zero-order valence-electron chi connectivity index (χ0n) is 16.4. The number of carbonyl (C=O) groups excluding carboxylic acids is 1. The minimum atomic E-state index is -3.76. The fourth-order valence-corrected chi connectivity index (χ4v) is 4.69. The minimum Gasteiger partial charge on any atom is -0.348 e. The van der Waals surface area contributed by atoms with Crippen LogP contribution in [0.2, 0.25) is 0 Å². The van der Waals surface area contributed by atoms with Gasteiger partial charge < -0.3 is 10.3 Å². The third kappa shape index (κ3) is 4.90. The van der Waals surface area contributed by atoms with Gasteiger partial charge in [0, 0.05) is 29.1 Å². The second-order valence-corrected chi connectivity index (χ2v) is 9.39. The lowest BCUT2D eigenvalue weighted by atomic mass is 10.1. The van der Waals surface area contributed by atoms with Crippen LogP contribution in [0, 0.1) is 0 Å². The van der Waals surface area contributed by atoms with Crippen molar-refractivity contribution in [3.8, 4) is 0 Å². The summed E-state index contributed by atoms with van der Waals surface area (Å²) in [6.45, 7) is 5.27. The number of hydrogen-bond acceptors (Lipinski definition) is 4. The number of pyridine rings is 1. The van der Waals surface area contributed by atoms with Crippen molar-refractivity contribution in [2.45, 2.75) is 37.8 Å². The molecule has 152 valence electrons. The highest BCUT2D eigenvalue weighted by molar-refractivity contribution is 7.89. The van der Waals surface area contributed by atoms with Gasteiger partial charge in [0.15, 0.2) is 0 Å². The number of H-pyrrole nitrogens is 1. The van der Waals surface area contributed by atoms with E-state index in [1.54, 1.807) is 63.2 Å². The SMILES string of the molecule is CC(C)(C)NS(=O)(=O)c1ccccc1CNC(=O)c1cc(=O)[nH]c2ccccc12. The maximum absolute atomic E-state index is 12.7. The zero-order valence-corrected chi connectivity index (χ0v) is 17.3. The molecule has 7 nitrogen and oxygen atoms in total. The summed E-state index contributed by atoms with van der Waals surface area (Å²) in [5, 5.41) is 3.34. The summed E-state index contributed by atoms with van der Waals surface area (Å²) in [4.78, 5) is 27.4. The van der Waals surface area contributed by atoms with E-state index in [1.807, 2.05) is 0 Å². The van der Waals surface area contributed by atoms with E-state index >= 15 is 0 Å². The van der Waals surface area contributed by atoms with Crippen molar-refractivity contribution in [1.29, 1.82) is 0 Å². The lowest BCUT2D eigenvalue weighted by molar-refractivity contribution is 0.0952. The van der Waals surface area contributed by atoms with Crippen molar-refractivity contribution in [2.24, 2.45) is 0 Å². The molecular weight excluding hydrogens is 390 g/mol. The number of aromatic nitrogens is 1. The summed E-state index contributed by atoms with van der Waals surface area (Å²) in [6, 6.07) is 14.7. The molecule has 0 aliphatic heterocycles. The number of rotatable bonds is 5. The van der Waals surface area contributed by atoms with Crippen LogP contribution in [0.25, 0.3) is 10.9 Å². The number of fused-ring (bicyclic) bond motifs is 1. The highest BCUT2D eigenvalue weighted by atomic mass is 32.2. The summed E-state index contributed by atoms with van der Waals surface area (Å²) < 4.78 is 28.1. The molecule has 0 bridgehead atoms. The van der Waals surface area contributed by atoms with Crippen LogP contribution in [0.15, 0.2) is 64.3 Å². The molecule has 29 heavy (non-hydrogen) atoms. The van der Waals surface area contributed by atoms with Crippen LogP contribution in [0.1, 0.15) is 36.7 Å². The fraction of sp³-hybridized carbons (Fsp3) is 0.238. The van der Waals surface area contributed by atoms with Gasteiger partial charge >= 0.3 is 0 Å². The van der Waals surface area contributed by atoms with Gasteiger partial charge in [-0.05, 0) is 38.5 Å². The molecule has 3 aromatic rings. The van der Waals surface area contributed by atoms with Gasteiger partial charge in [-0.3, -0.25) is 9.59 Å². The monoisotopic (exact) mass is 413 g/mol. The molecule has 0 unspecified atom stereocenters. The number of hydrogen-bond donors (Lipinski definition) is 3. The Morgan fingerprint density at radius 1 is 1.03 bits per heavy atom. The third-order valence-electron chi connectivity index (χ3n) is 4.14. The van der Waals surface area contributed by atoms with Crippen molar-refractivity contribution >= 4 is 26.8 Å². The molecule has 3 rings (SSSR count). The van der Waals surface area contributed by atoms with Crippen LogP contribution in [0.4, 0.5) is 0 Å². The molecule has 0 aliphatic carbocycles. The number of benzene rings is 2. The first-order chi connectivity index (χ1) is 13.6. The average Bonchev–Trinajstić information content (AvgIpc) is 2.63. The quantitative estimate of drug-likeness (QED) is 0.597. The number of nitrogens with one attached hydrogen (secondary N) is 3. The molecule has 1 heterocycles. The van der Waals surface area contributed by atoms with Crippen LogP contribution in [0.3, 0.4) is 0 Å². The largest absolute Gasteiger partial charge is 0.348 e. The Morgan fingerprint density at radius 2 is 1.69 bits per heavy atom. The third-order valence-corrected chi connectivity index (χ3v) is 6.00. The predicted octanol–water partition coefficient (Wildman–Crippen LogP) is 2.53. The Bertz CT molecular complexity index is 1220. The summed E-state index contributed by atoms with van der Waals surface area (Å²) in [5.74, 6) is -0.455. The van der Waals surface area contributed by atoms with Gasteiger partial charge in [-0.15, -0.1) is 0 Å². The van der Waals surface area contributed by atoms with Crippen molar-refractivity contribution in [1.82, 2.24) is 15.0 Å². The first kappa shape index (κ1) is 20.8. The van der Waals surface area contributed by atoms with Crippen LogP contribution in [-0.4, -0.2) is 24.8 Å². The van der Waals surface area contributed by atoms with Gasteiger partial charge in [0.05, 0.1) is 10.5 Å². The van der Waals surface area contributed by atoms with Crippen molar-refractivity contribution < 1.29 is 13.2 Å². The standard InChI is InChI=1S/C21H23N3O4S/c1-21(2,3)24-29(27,28)18-11-7-4-8-14(18)13-22-20(26)16-12-19(25)23-17-10-6-5-9-15(16)17/h4-12,24H,13H2,1-3H3,(H,22,26)(H,23,25). The van der Waals surface area contributed by atoms with Crippen molar-refractivity contribution in [2.75, 3.05) is 0 Å². The van der Waals surface area contributed by atoms with E-state index in [9.17, 15) is 18.0 Å². The van der Waals surface area contributed by atoms with Crippen molar-refractivity contribution in [3.05, 3.63) is 76.1 Å². The summed E-state index contributed by atoms with van der Waals surface area (Å²) in [7, 11) is -3.76. The number of para-hydroxylation sites is 1. The van der Waals surface area contributed by atoms with Gasteiger partial charge in [-0.2, -0.15) is 0 Å². The summed E-state index contributed by atoms with van der Waals surface area (Å²) in [5.41, 5.74) is 0.220. The first-order valence-corrected chi connectivity index (χ1v) is 10.6. The number of amides is 1. The van der Waals surface area contributed by atoms with Gasteiger partial charge in [-0.1, -0.05) is 36.4 Å². The molecule has 1 aromatic heterocycles. The molecule has 0 spiro atoms. The van der Waals surface area contributed by atoms with Gasteiger partial charge in [0.2, 0.25) is 15.6 Å². The Hall–Kier alpha value is -2.97. The molecule has 1 amide bonds. The van der Waals surface area contributed by atoms with Crippen LogP contribution in [0.5, 0.6) is 0 Å². The topological polar surface area (TPSA) is 108 Å². The van der Waals surface area contributed by atoms with Gasteiger partial charge in [-0.25, -0.2) is 13.1 Å². The maximum Gasteiger partial charge on any atom is 0.252 e. The smallest absolute Gasteiger partial charge is 0.252 e. The molecule has 0 aliphatic rings. The minimum absolute atomic E-state index is 0.00118. The molecular formula is C21H23N3O4S. The van der Waals surface area contributed by atoms with E-state index in [0.717, 1.165) is 0 Å². The van der Waals surface area contributed by atoms with E-state index in [2.05, 4.69) is 15.0 Å². The second-order valence-electron chi connectivity index (χ2n) is 7.74. The Kier molecular flexibility index (Phi) is 5.59. The molecule has 0 saturated heterocycles. The van der Waals surface area contributed by atoms with Crippen LogP contribution in [-0.2, 0) is 16.6 Å². The predicted molar refractivity (Wildman–Crippen MR) is 112 cm³/mol. The normalized spacial score (nSPS) is 12.1. The molecule has 2 aromatic carbocycles. The van der Waals surface area contributed by atoms with E-state index < -0.39 is 21.5 Å². The lowest BCUT2D eigenvalue weighted by Gasteiger charge is -2.21. The lowest BCUT2D eigenvalue weighted by Crippen LogP contribution is -2.41. The first-order valence-electron chi connectivity index (χ1n) is 9.09. The molecule has 3 N–H and O–H groups in total. The van der Waals surface area contributed by atoms with Crippen molar-refractivity contribution in [3.63, 3.8) is 0 Å². The van der Waals surface area contributed by atoms with E-state index in [-0.39, 0.29) is 22.6 Å². The molecule has 0 atom stereocenters. The highest BCUT2D eigenvalue weighted by Crippen LogP contribution is 2.19. The Labute approximate surface area is 169 Å². The number of carbonyl (C=O) groups is 1. The van der Waals surface area contributed by atoms with Gasteiger partial charge in [0.1, 0.15) is 0 Å². The van der Waals surface area contributed by atoms with E-state index in [1.165, 1.54) is 12.1 Å². The highest BCUT2D eigenvalue weighted by Gasteiger charge is 2.24. The maximum atomic E-state index is 12.7. The van der Waals surface area contributed by atoms with E-state index in [0.29, 0.717) is 16.5 Å². The van der Waals surface area contributed by atoms with Crippen LogP contribution >= 0.6 is 0 Å².